The predicted molar refractivity (Wildman–Crippen MR) is 83.5 cm³/mol. The van der Waals surface area contributed by atoms with Crippen molar-refractivity contribution in [2.45, 2.75) is 52.6 Å². The normalized spacial score (nSPS) is 22.9. The van der Waals surface area contributed by atoms with E-state index in [1.54, 1.807) is 0 Å². The molecule has 1 aromatic rings. The van der Waals surface area contributed by atoms with Crippen molar-refractivity contribution in [1.82, 2.24) is 4.90 Å². The number of nitrogens with zero attached hydrogens (tertiary/aromatic N) is 1. The van der Waals surface area contributed by atoms with Gasteiger partial charge in [0.1, 0.15) is 0 Å². The van der Waals surface area contributed by atoms with Crippen LogP contribution in [0.15, 0.2) is 24.3 Å². The van der Waals surface area contributed by atoms with E-state index in [9.17, 15) is 0 Å². The van der Waals surface area contributed by atoms with Gasteiger partial charge in [0.15, 0.2) is 0 Å². The largest absolute Gasteiger partial charge is 0.382 e. The van der Waals surface area contributed by atoms with E-state index in [1.165, 1.54) is 30.5 Å². The van der Waals surface area contributed by atoms with Crippen molar-refractivity contribution in [3.63, 3.8) is 0 Å². The highest BCUT2D eigenvalue weighted by atomic mass is 15.1. The van der Waals surface area contributed by atoms with Crippen molar-refractivity contribution in [2.75, 3.05) is 18.4 Å². The lowest BCUT2D eigenvalue weighted by Crippen LogP contribution is -2.23. The fourth-order valence-corrected chi connectivity index (χ4v) is 3.04. The quantitative estimate of drug-likeness (QED) is 0.827. The highest BCUT2D eigenvalue weighted by Gasteiger charge is 2.22. The van der Waals surface area contributed by atoms with Gasteiger partial charge in [-0.15, -0.1) is 0 Å². The molecule has 2 rings (SSSR count). The summed E-state index contributed by atoms with van der Waals surface area (Å²) in [6.45, 7) is 10.1. The minimum Gasteiger partial charge on any atom is -0.382 e. The van der Waals surface area contributed by atoms with Crippen LogP contribution in [-0.2, 0) is 6.54 Å². The first kappa shape index (κ1) is 14.4. The number of anilines is 1. The fourth-order valence-electron chi connectivity index (χ4n) is 3.04. The average molecular weight is 260 g/mol. The van der Waals surface area contributed by atoms with Gasteiger partial charge >= 0.3 is 0 Å². The number of hydrogen-bond acceptors (Lipinski definition) is 2. The van der Waals surface area contributed by atoms with Gasteiger partial charge in [-0.05, 0) is 49.5 Å². The molecule has 1 saturated carbocycles. The van der Waals surface area contributed by atoms with E-state index in [0.717, 1.165) is 25.6 Å². The van der Waals surface area contributed by atoms with Crippen LogP contribution in [0.4, 0.5) is 5.69 Å². The van der Waals surface area contributed by atoms with Crippen molar-refractivity contribution in [1.29, 1.82) is 0 Å². The number of hydrogen-bond donors (Lipinski definition) is 1. The van der Waals surface area contributed by atoms with Gasteiger partial charge in [-0.25, -0.2) is 0 Å². The Hall–Kier alpha value is -1.02. The summed E-state index contributed by atoms with van der Waals surface area (Å²) in [5.41, 5.74) is 2.71. The Labute approximate surface area is 118 Å². The predicted octanol–water partition coefficient (Wildman–Crippen LogP) is 4.13. The van der Waals surface area contributed by atoms with Gasteiger partial charge < -0.3 is 5.32 Å². The van der Waals surface area contributed by atoms with E-state index < -0.39 is 0 Å². The van der Waals surface area contributed by atoms with E-state index in [-0.39, 0.29) is 0 Å². The zero-order valence-electron chi connectivity index (χ0n) is 12.7. The van der Waals surface area contributed by atoms with Crippen LogP contribution in [0, 0.1) is 5.92 Å². The molecule has 1 aliphatic rings. The molecule has 0 spiro atoms. The maximum Gasteiger partial charge on any atom is 0.0345 e. The molecule has 0 amide bonds. The summed E-state index contributed by atoms with van der Waals surface area (Å²) >= 11 is 0. The molecule has 106 valence electrons. The lowest BCUT2D eigenvalue weighted by atomic mass is 10.1. The second-order valence-corrected chi connectivity index (χ2v) is 5.82. The second-order valence-electron chi connectivity index (χ2n) is 5.82. The highest BCUT2D eigenvalue weighted by molar-refractivity contribution is 5.46. The van der Waals surface area contributed by atoms with E-state index in [1.807, 2.05) is 0 Å². The minimum atomic E-state index is 0.670. The SMILES string of the molecule is CCN(CC)Cc1cccc(NC2CCCC2C)c1. The van der Waals surface area contributed by atoms with Crippen LogP contribution in [0.3, 0.4) is 0 Å². The molecule has 0 bridgehead atoms. The molecular weight excluding hydrogens is 232 g/mol. The van der Waals surface area contributed by atoms with Crippen LogP contribution >= 0.6 is 0 Å². The van der Waals surface area contributed by atoms with Crippen molar-refractivity contribution < 1.29 is 0 Å². The highest BCUT2D eigenvalue weighted by Crippen LogP contribution is 2.28. The Bertz CT molecular complexity index is 385. The summed E-state index contributed by atoms with van der Waals surface area (Å²) in [7, 11) is 0. The molecule has 0 aliphatic heterocycles. The Morgan fingerprint density at radius 1 is 1.21 bits per heavy atom. The van der Waals surface area contributed by atoms with Crippen molar-refractivity contribution >= 4 is 5.69 Å². The Kier molecular flexibility index (Phi) is 5.26. The molecule has 1 aromatic carbocycles. The second kappa shape index (κ2) is 6.95. The van der Waals surface area contributed by atoms with Crippen molar-refractivity contribution in [2.24, 2.45) is 5.92 Å². The molecule has 1 aliphatic carbocycles. The molecular formula is C17H28N2. The third-order valence-corrected chi connectivity index (χ3v) is 4.44. The van der Waals surface area contributed by atoms with Gasteiger partial charge in [-0.2, -0.15) is 0 Å². The summed E-state index contributed by atoms with van der Waals surface area (Å²) in [5.74, 6) is 0.812. The van der Waals surface area contributed by atoms with Crippen molar-refractivity contribution in [3.8, 4) is 0 Å². The lowest BCUT2D eigenvalue weighted by Gasteiger charge is -2.21. The zero-order chi connectivity index (χ0) is 13.7. The zero-order valence-corrected chi connectivity index (χ0v) is 12.7. The molecule has 1 fully saturated rings. The first-order valence-corrected chi connectivity index (χ1v) is 7.80. The van der Waals surface area contributed by atoms with Crippen LogP contribution < -0.4 is 5.32 Å². The third kappa shape index (κ3) is 3.97. The first-order valence-electron chi connectivity index (χ1n) is 7.80. The van der Waals surface area contributed by atoms with Gasteiger partial charge in [0, 0.05) is 18.3 Å². The number of benzene rings is 1. The van der Waals surface area contributed by atoms with Gasteiger partial charge in [-0.1, -0.05) is 39.3 Å². The molecule has 2 nitrogen and oxygen atoms in total. The lowest BCUT2D eigenvalue weighted by molar-refractivity contribution is 0.296. The molecule has 0 heterocycles. The average Bonchev–Trinajstić information content (AvgIpc) is 2.82. The standard InChI is InChI=1S/C17H28N2/c1-4-19(5-2)13-15-9-7-10-16(12-15)18-17-11-6-8-14(17)3/h7,9-10,12,14,17-18H,4-6,8,11,13H2,1-3H3. The molecule has 0 saturated heterocycles. The Morgan fingerprint density at radius 2 is 2.00 bits per heavy atom. The van der Waals surface area contributed by atoms with E-state index >= 15 is 0 Å². The maximum atomic E-state index is 3.72. The summed E-state index contributed by atoms with van der Waals surface area (Å²) < 4.78 is 0. The third-order valence-electron chi connectivity index (χ3n) is 4.44. The van der Waals surface area contributed by atoms with Gasteiger partial charge in [0.2, 0.25) is 0 Å². The monoisotopic (exact) mass is 260 g/mol. The molecule has 19 heavy (non-hydrogen) atoms. The first-order chi connectivity index (χ1) is 9.22. The van der Waals surface area contributed by atoms with Crippen LogP contribution in [0.25, 0.3) is 0 Å². The Morgan fingerprint density at radius 3 is 2.63 bits per heavy atom. The molecule has 1 N–H and O–H groups in total. The van der Waals surface area contributed by atoms with Gasteiger partial charge in [0.25, 0.3) is 0 Å². The van der Waals surface area contributed by atoms with Gasteiger partial charge in [-0.3, -0.25) is 4.90 Å². The Balaban J connectivity index is 1.98. The molecule has 2 heteroatoms. The summed E-state index contributed by atoms with van der Waals surface area (Å²) in [6, 6.07) is 9.62. The summed E-state index contributed by atoms with van der Waals surface area (Å²) in [6.07, 6.45) is 4.07. The minimum absolute atomic E-state index is 0.670. The summed E-state index contributed by atoms with van der Waals surface area (Å²) in [4.78, 5) is 2.46. The molecule has 2 unspecified atom stereocenters. The smallest absolute Gasteiger partial charge is 0.0345 e. The summed E-state index contributed by atoms with van der Waals surface area (Å²) in [5, 5.41) is 3.72. The van der Waals surface area contributed by atoms with Crippen LogP contribution in [0.2, 0.25) is 0 Å². The number of nitrogens with one attached hydrogen (secondary N) is 1. The molecule has 2 atom stereocenters. The topological polar surface area (TPSA) is 15.3 Å². The van der Waals surface area contributed by atoms with E-state index in [4.69, 9.17) is 0 Å². The molecule has 0 aromatic heterocycles. The maximum absolute atomic E-state index is 3.72. The van der Waals surface area contributed by atoms with Crippen LogP contribution in [-0.4, -0.2) is 24.0 Å². The van der Waals surface area contributed by atoms with E-state index in [2.05, 4.69) is 55.3 Å². The van der Waals surface area contributed by atoms with E-state index in [0.29, 0.717) is 6.04 Å². The van der Waals surface area contributed by atoms with Gasteiger partial charge in [0.05, 0.1) is 0 Å². The van der Waals surface area contributed by atoms with Crippen LogP contribution in [0.1, 0.15) is 45.6 Å². The van der Waals surface area contributed by atoms with Crippen LogP contribution in [0.5, 0.6) is 0 Å². The fraction of sp³-hybridized carbons (Fsp3) is 0.647. The number of rotatable bonds is 6. The van der Waals surface area contributed by atoms with Crippen molar-refractivity contribution in [3.05, 3.63) is 29.8 Å². The molecule has 0 radical (unpaired) electrons.